The van der Waals surface area contributed by atoms with E-state index in [2.05, 4.69) is 30.9 Å². The van der Waals surface area contributed by atoms with Crippen LogP contribution in [0.4, 0.5) is 11.4 Å². The maximum Gasteiger partial charge on any atom is 0.144 e. The van der Waals surface area contributed by atoms with Crippen molar-refractivity contribution < 1.29 is 4.74 Å². The van der Waals surface area contributed by atoms with Crippen molar-refractivity contribution in [3.05, 3.63) is 18.2 Å². The molecule has 2 N–H and O–H groups in total. The van der Waals surface area contributed by atoms with Crippen LogP contribution in [0.3, 0.4) is 0 Å². The van der Waals surface area contributed by atoms with Gasteiger partial charge in [-0.15, -0.1) is 0 Å². The molecule has 18 heavy (non-hydrogen) atoms. The van der Waals surface area contributed by atoms with Crippen LogP contribution in [0.2, 0.25) is 0 Å². The van der Waals surface area contributed by atoms with Gasteiger partial charge in [0.05, 0.1) is 12.3 Å². The molecule has 0 bridgehead atoms. The second kappa shape index (κ2) is 5.51. The lowest BCUT2D eigenvalue weighted by Crippen LogP contribution is -2.38. The van der Waals surface area contributed by atoms with Gasteiger partial charge in [-0.1, -0.05) is 13.8 Å². The molecule has 0 aromatic heterocycles. The number of rotatable bonds is 3. The van der Waals surface area contributed by atoms with Crippen molar-refractivity contribution in [1.29, 1.82) is 0 Å². The average Bonchev–Trinajstić information content (AvgIpc) is 2.31. The third-order valence-corrected chi connectivity index (χ3v) is 3.53. The SMILES string of the molecule is CCOc1cc(N2CC(C)CC(C)C2)ccc1N. The summed E-state index contributed by atoms with van der Waals surface area (Å²) in [5, 5.41) is 0. The van der Waals surface area contributed by atoms with Gasteiger partial charge >= 0.3 is 0 Å². The second-order valence-corrected chi connectivity index (χ2v) is 5.51. The third-order valence-electron chi connectivity index (χ3n) is 3.53. The van der Waals surface area contributed by atoms with E-state index in [1.807, 2.05) is 13.0 Å². The summed E-state index contributed by atoms with van der Waals surface area (Å²) in [5.41, 5.74) is 7.86. The highest BCUT2D eigenvalue weighted by Gasteiger charge is 2.22. The van der Waals surface area contributed by atoms with Crippen molar-refractivity contribution in [2.75, 3.05) is 30.3 Å². The first-order valence-electron chi connectivity index (χ1n) is 6.87. The summed E-state index contributed by atoms with van der Waals surface area (Å²) in [5.74, 6) is 2.31. The zero-order chi connectivity index (χ0) is 13.1. The Balaban J connectivity index is 2.19. The Hall–Kier alpha value is -1.38. The van der Waals surface area contributed by atoms with Gasteiger partial charge in [0.25, 0.3) is 0 Å². The molecule has 0 radical (unpaired) electrons. The first-order valence-corrected chi connectivity index (χ1v) is 6.87. The Bertz CT molecular complexity index is 395. The molecule has 1 aliphatic heterocycles. The zero-order valence-electron chi connectivity index (χ0n) is 11.6. The molecule has 0 saturated carbocycles. The van der Waals surface area contributed by atoms with Crippen LogP contribution in [0.15, 0.2) is 18.2 Å². The van der Waals surface area contributed by atoms with Gasteiger partial charge in [0.2, 0.25) is 0 Å². The number of benzene rings is 1. The van der Waals surface area contributed by atoms with Crippen LogP contribution in [0.25, 0.3) is 0 Å². The van der Waals surface area contributed by atoms with Crippen molar-refractivity contribution >= 4 is 11.4 Å². The van der Waals surface area contributed by atoms with E-state index in [1.54, 1.807) is 0 Å². The topological polar surface area (TPSA) is 38.5 Å². The number of ether oxygens (including phenoxy) is 1. The number of hydrogen-bond donors (Lipinski definition) is 1. The van der Waals surface area contributed by atoms with Gasteiger partial charge in [-0.3, -0.25) is 0 Å². The highest BCUT2D eigenvalue weighted by Crippen LogP contribution is 2.31. The smallest absolute Gasteiger partial charge is 0.144 e. The van der Waals surface area contributed by atoms with Gasteiger partial charge in [-0.2, -0.15) is 0 Å². The number of nitrogens with two attached hydrogens (primary N) is 1. The Kier molecular flexibility index (Phi) is 4.00. The molecule has 1 saturated heterocycles. The van der Waals surface area contributed by atoms with Gasteiger partial charge in [0.15, 0.2) is 0 Å². The highest BCUT2D eigenvalue weighted by molar-refractivity contribution is 5.62. The minimum atomic E-state index is 0.653. The summed E-state index contributed by atoms with van der Waals surface area (Å²) in [6.07, 6.45) is 1.32. The lowest BCUT2D eigenvalue weighted by Gasteiger charge is -2.36. The second-order valence-electron chi connectivity index (χ2n) is 5.51. The normalized spacial score (nSPS) is 24.1. The predicted octanol–water partition coefficient (Wildman–Crippen LogP) is 3.15. The summed E-state index contributed by atoms with van der Waals surface area (Å²) >= 11 is 0. The van der Waals surface area contributed by atoms with Crippen LogP contribution in [0.1, 0.15) is 27.2 Å². The van der Waals surface area contributed by atoms with Crippen LogP contribution < -0.4 is 15.4 Å². The van der Waals surface area contributed by atoms with Crippen molar-refractivity contribution in [3.8, 4) is 5.75 Å². The van der Waals surface area contributed by atoms with E-state index >= 15 is 0 Å². The first kappa shape index (κ1) is 13.1. The highest BCUT2D eigenvalue weighted by atomic mass is 16.5. The van der Waals surface area contributed by atoms with E-state index in [4.69, 9.17) is 10.5 Å². The molecule has 1 aromatic rings. The van der Waals surface area contributed by atoms with Crippen molar-refractivity contribution in [1.82, 2.24) is 0 Å². The Labute approximate surface area is 110 Å². The molecule has 100 valence electrons. The van der Waals surface area contributed by atoms with Crippen LogP contribution in [0.5, 0.6) is 5.75 Å². The van der Waals surface area contributed by atoms with Gasteiger partial charge in [-0.05, 0) is 37.3 Å². The summed E-state index contributed by atoms with van der Waals surface area (Å²) < 4.78 is 5.57. The van der Waals surface area contributed by atoms with Gasteiger partial charge in [-0.25, -0.2) is 0 Å². The molecule has 1 heterocycles. The molecule has 2 rings (SSSR count). The molecule has 1 fully saturated rings. The number of nitrogen functional groups attached to an aromatic ring is 1. The summed E-state index contributed by atoms with van der Waals surface area (Å²) in [7, 11) is 0. The summed E-state index contributed by atoms with van der Waals surface area (Å²) in [6.45, 7) is 9.53. The van der Waals surface area contributed by atoms with Crippen molar-refractivity contribution in [2.24, 2.45) is 11.8 Å². The molecular weight excluding hydrogens is 224 g/mol. The van der Waals surface area contributed by atoms with E-state index in [-0.39, 0.29) is 0 Å². The largest absolute Gasteiger partial charge is 0.492 e. The molecule has 2 unspecified atom stereocenters. The van der Waals surface area contributed by atoms with Crippen molar-refractivity contribution in [3.63, 3.8) is 0 Å². The third kappa shape index (κ3) is 2.89. The first-order chi connectivity index (χ1) is 8.60. The Morgan fingerprint density at radius 1 is 1.28 bits per heavy atom. The average molecular weight is 248 g/mol. The van der Waals surface area contributed by atoms with Crippen LogP contribution >= 0.6 is 0 Å². The molecule has 3 nitrogen and oxygen atoms in total. The molecule has 1 aromatic carbocycles. The van der Waals surface area contributed by atoms with Gasteiger partial charge in [0.1, 0.15) is 5.75 Å². The summed E-state index contributed by atoms with van der Waals surface area (Å²) in [6, 6.07) is 6.12. The van der Waals surface area contributed by atoms with E-state index in [9.17, 15) is 0 Å². The fraction of sp³-hybridized carbons (Fsp3) is 0.600. The van der Waals surface area contributed by atoms with E-state index in [0.717, 1.165) is 36.4 Å². The fourth-order valence-corrected chi connectivity index (χ4v) is 2.87. The van der Waals surface area contributed by atoms with Crippen LogP contribution in [-0.2, 0) is 0 Å². The standard InChI is InChI=1S/C15H24N2O/c1-4-18-15-8-13(5-6-14(15)16)17-9-11(2)7-12(3)10-17/h5-6,8,11-12H,4,7,9-10,16H2,1-3H3. The lowest BCUT2D eigenvalue weighted by atomic mass is 9.91. The minimum absolute atomic E-state index is 0.653. The van der Waals surface area contributed by atoms with Gasteiger partial charge in [0, 0.05) is 24.8 Å². The number of anilines is 2. The summed E-state index contributed by atoms with van der Waals surface area (Å²) in [4.78, 5) is 2.45. The molecule has 0 amide bonds. The maximum atomic E-state index is 5.92. The zero-order valence-corrected chi connectivity index (χ0v) is 11.6. The Morgan fingerprint density at radius 2 is 1.94 bits per heavy atom. The lowest BCUT2D eigenvalue weighted by molar-refractivity contribution is 0.340. The predicted molar refractivity (Wildman–Crippen MR) is 77.2 cm³/mol. The molecule has 3 heteroatoms. The van der Waals surface area contributed by atoms with Crippen LogP contribution in [-0.4, -0.2) is 19.7 Å². The quantitative estimate of drug-likeness (QED) is 0.835. The molecular formula is C15H24N2O. The maximum absolute atomic E-state index is 5.92. The molecule has 2 atom stereocenters. The number of hydrogen-bond acceptors (Lipinski definition) is 3. The molecule has 0 spiro atoms. The fourth-order valence-electron chi connectivity index (χ4n) is 2.87. The molecule has 0 aliphatic carbocycles. The molecule has 1 aliphatic rings. The Morgan fingerprint density at radius 3 is 2.56 bits per heavy atom. The minimum Gasteiger partial charge on any atom is -0.492 e. The van der Waals surface area contributed by atoms with Crippen molar-refractivity contribution in [2.45, 2.75) is 27.2 Å². The van der Waals surface area contributed by atoms with E-state index in [1.165, 1.54) is 12.1 Å². The number of nitrogens with zero attached hydrogens (tertiary/aromatic N) is 1. The van der Waals surface area contributed by atoms with Gasteiger partial charge < -0.3 is 15.4 Å². The number of piperidine rings is 1. The van der Waals surface area contributed by atoms with E-state index < -0.39 is 0 Å². The monoisotopic (exact) mass is 248 g/mol. The van der Waals surface area contributed by atoms with E-state index in [0.29, 0.717) is 6.61 Å². The van der Waals surface area contributed by atoms with Crippen LogP contribution in [0, 0.1) is 11.8 Å².